The van der Waals surface area contributed by atoms with E-state index in [1.54, 1.807) is 0 Å². The molecule has 4 nitrogen and oxygen atoms in total. The van der Waals surface area contributed by atoms with Gasteiger partial charge < -0.3 is 15.3 Å². The largest absolute Gasteiger partial charge is 0.396 e. The third-order valence-electron chi connectivity index (χ3n) is 4.53. The third kappa shape index (κ3) is 4.82. The molecule has 122 valence electrons. The smallest absolute Gasteiger partial charge is 0.221 e. The molecule has 4 heteroatoms. The fourth-order valence-corrected chi connectivity index (χ4v) is 3.40. The second-order valence-electron chi connectivity index (χ2n) is 6.40. The number of aliphatic hydroxyl groups is 1. The second-order valence-corrected chi connectivity index (χ2v) is 6.40. The molecule has 1 aromatic rings. The lowest BCUT2D eigenvalue weighted by molar-refractivity contribution is -0.121. The molecule has 2 N–H and O–H groups in total. The number of piperidine rings is 1. The van der Waals surface area contributed by atoms with Crippen LogP contribution in [0, 0.1) is 5.41 Å². The van der Waals surface area contributed by atoms with Gasteiger partial charge >= 0.3 is 0 Å². The van der Waals surface area contributed by atoms with Gasteiger partial charge in [0.1, 0.15) is 0 Å². The lowest BCUT2D eigenvalue weighted by atomic mass is 9.75. The number of hydrogen-bond acceptors (Lipinski definition) is 3. The number of hydrogen-bond donors (Lipinski definition) is 2. The van der Waals surface area contributed by atoms with Crippen molar-refractivity contribution in [2.24, 2.45) is 5.41 Å². The molecule has 1 aromatic carbocycles. The van der Waals surface area contributed by atoms with Crippen LogP contribution in [0.25, 0.3) is 0 Å². The Balaban J connectivity index is 1.93. The molecule has 0 aliphatic carbocycles. The van der Waals surface area contributed by atoms with E-state index in [4.69, 9.17) is 0 Å². The molecule has 1 aliphatic heterocycles. The molecule has 1 heterocycles. The summed E-state index contributed by atoms with van der Waals surface area (Å²) in [4.78, 5) is 14.0. The summed E-state index contributed by atoms with van der Waals surface area (Å²) < 4.78 is 0. The topological polar surface area (TPSA) is 52.6 Å². The van der Waals surface area contributed by atoms with E-state index >= 15 is 0 Å². The quantitative estimate of drug-likeness (QED) is 0.808. The minimum Gasteiger partial charge on any atom is -0.396 e. The zero-order valence-corrected chi connectivity index (χ0v) is 13.6. The highest BCUT2D eigenvalue weighted by molar-refractivity contribution is 5.75. The predicted octanol–water partition coefficient (Wildman–Crippen LogP) is 1.83. The van der Waals surface area contributed by atoms with Gasteiger partial charge in [0, 0.05) is 31.5 Å². The van der Waals surface area contributed by atoms with Gasteiger partial charge in [-0.15, -0.1) is 0 Å². The molecule has 2 rings (SSSR count). The maximum Gasteiger partial charge on any atom is 0.221 e. The van der Waals surface area contributed by atoms with Crippen molar-refractivity contribution in [3.05, 3.63) is 35.9 Å². The highest BCUT2D eigenvalue weighted by Crippen LogP contribution is 2.33. The van der Waals surface area contributed by atoms with Crippen LogP contribution in [0.2, 0.25) is 0 Å². The predicted molar refractivity (Wildman–Crippen MR) is 88.6 cm³/mol. The average Bonchev–Trinajstić information content (AvgIpc) is 2.54. The summed E-state index contributed by atoms with van der Waals surface area (Å²) in [5.74, 6) is 0.116. The number of rotatable bonds is 7. The van der Waals surface area contributed by atoms with Gasteiger partial charge in [-0.1, -0.05) is 30.3 Å². The normalized spacial score (nSPS) is 22.5. The van der Waals surface area contributed by atoms with Crippen molar-refractivity contribution in [2.75, 3.05) is 32.8 Å². The molecule has 1 unspecified atom stereocenters. The summed E-state index contributed by atoms with van der Waals surface area (Å²) in [5.41, 5.74) is 1.21. The maximum absolute atomic E-state index is 11.6. The summed E-state index contributed by atoms with van der Waals surface area (Å²) in [5, 5.41) is 12.8. The molecule has 0 radical (unpaired) electrons. The van der Waals surface area contributed by atoms with E-state index in [9.17, 15) is 9.90 Å². The van der Waals surface area contributed by atoms with E-state index in [1.807, 2.05) is 13.0 Å². The minimum atomic E-state index is -0.0686. The molecule has 1 amide bonds. The number of nitrogens with zero attached hydrogens (tertiary/aromatic N) is 1. The zero-order chi connectivity index (χ0) is 15.8. The first kappa shape index (κ1) is 17.0. The molecule has 1 saturated heterocycles. The van der Waals surface area contributed by atoms with Crippen LogP contribution in [-0.2, 0) is 11.2 Å². The first-order valence-electron chi connectivity index (χ1n) is 8.31. The molecular formula is C18H28N2O2. The maximum atomic E-state index is 11.6. The van der Waals surface area contributed by atoms with Crippen LogP contribution < -0.4 is 5.32 Å². The average molecular weight is 304 g/mol. The summed E-state index contributed by atoms with van der Waals surface area (Å²) in [6, 6.07) is 10.4. The van der Waals surface area contributed by atoms with E-state index in [1.165, 1.54) is 5.56 Å². The lowest BCUT2D eigenvalue weighted by Crippen LogP contribution is -2.47. The highest BCUT2D eigenvalue weighted by Gasteiger charge is 2.35. The van der Waals surface area contributed by atoms with Crippen LogP contribution in [-0.4, -0.2) is 48.7 Å². The number of aliphatic hydroxyl groups excluding tert-OH is 1. The standard InChI is InChI=1S/C18H28N2O2/c1-2-19-17(22)9-12-20-11-6-10-18(14-20,15-21)13-16-7-4-3-5-8-16/h3-5,7-8,21H,2,6,9-15H2,1H3,(H,19,22). The van der Waals surface area contributed by atoms with Gasteiger partial charge in [-0.25, -0.2) is 0 Å². The molecule has 0 bridgehead atoms. The zero-order valence-electron chi connectivity index (χ0n) is 13.6. The Morgan fingerprint density at radius 1 is 1.36 bits per heavy atom. The Labute approximate surface area is 133 Å². The van der Waals surface area contributed by atoms with Gasteiger partial charge in [0.25, 0.3) is 0 Å². The van der Waals surface area contributed by atoms with Crippen LogP contribution in [0.3, 0.4) is 0 Å². The van der Waals surface area contributed by atoms with E-state index in [0.29, 0.717) is 13.0 Å². The number of carbonyl (C=O) groups excluding carboxylic acids is 1. The highest BCUT2D eigenvalue weighted by atomic mass is 16.3. The van der Waals surface area contributed by atoms with Gasteiger partial charge in [-0.05, 0) is 38.3 Å². The van der Waals surface area contributed by atoms with Gasteiger partial charge in [0.2, 0.25) is 5.91 Å². The van der Waals surface area contributed by atoms with E-state index in [-0.39, 0.29) is 17.9 Å². The van der Waals surface area contributed by atoms with Crippen molar-refractivity contribution in [3.8, 4) is 0 Å². The Bertz CT molecular complexity index is 463. The van der Waals surface area contributed by atoms with Gasteiger partial charge in [0.05, 0.1) is 6.61 Å². The van der Waals surface area contributed by atoms with E-state index in [0.717, 1.165) is 38.9 Å². The van der Waals surface area contributed by atoms with Crippen molar-refractivity contribution < 1.29 is 9.90 Å². The molecule has 0 aromatic heterocycles. The minimum absolute atomic E-state index is 0.0686. The fourth-order valence-electron chi connectivity index (χ4n) is 3.40. The van der Waals surface area contributed by atoms with Crippen LogP contribution in [0.1, 0.15) is 31.7 Å². The van der Waals surface area contributed by atoms with Crippen molar-refractivity contribution in [1.82, 2.24) is 10.2 Å². The number of nitrogens with one attached hydrogen (secondary N) is 1. The lowest BCUT2D eigenvalue weighted by Gasteiger charge is -2.42. The third-order valence-corrected chi connectivity index (χ3v) is 4.53. The number of benzene rings is 1. The van der Waals surface area contributed by atoms with Crippen molar-refractivity contribution >= 4 is 5.91 Å². The molecule has 1 atom stereocenters. The summed E-state index contributed by atoms with van der Waals surface area (Å²) in [6.07, 6.45) is 3.58. The number of amides is 1. The monoisotopic (exact) mass is 304 g/mol. The van der Waals surface area contributed by atoms with E-state index < -0.39 is 0 Å². The SMILES string of the molecule is CCNC(=O)CCN1CCCC(CO)(Cc2ccccc2)C1. The Morgan fingerprint density at radius 2 is 2.14 bits per heavy atom. The summed E-state index contributed by atoms with van der Waals surface area (Å²) >= 11 is 0. The second kappa shape index (κ2) is 8.30. The number of likely N-dealkylation sites (tertiary alicyclic amines) is 1. The van der Waals surface area contributed by atoms with Crippen molar-refractivity contribution in [3.63, 3.8) is 0 Å². The molecule has 1 fully saturated rings. The van der Waals surface area contributed by atoms with Crippen LogP contribution in [0.4, 0.5) is 0 Å². The van der Waals surface area contributed by atoms with Crippen molar-refractivity contribution in [1.29, 1.82) is 0 Å². The molecule has 0 spiro atoms. The molecule has 22 heavy (non-hydrogen) atoms. The van der Waals surface area contributed by atoms with Gasteiger partial charge in [-0.3, -0.25) is 4.79 Å². The molecule has 1 aliphatic rings. The summed E-state index contributed by atoms with van der Waals surface area (Å²) in [7, 11) is 0. The van der Waals surface area contributed by atoms with E-state index in [2.05, 4.69) is 34.5 Å². The van der Waals surface area contributed by atoms with Gasteiger partial charge in [0.15, 0.2) is 0 Å². The van der Waals surface area contributed by atoms with Crippen molar-refractivity contribution in [2.45, 2.75) is 32.6 Å². The molecule has 0 saturated carbocycles. The van der Waals surface area contributed by atoms with Crippen LogP contribution in [0.5, 0.6) is 0 Å². The summed E-state index contributed by atoms with van der Waals surface area (Å²) in [6.45, 7) is 5.51. The first-order chi connectivity index (χ1) is 10.7. The Morgan fingerprint density at radius 3 is 2.82 bits per heavy atom. The fraction of sp³-hybridized carbons (Fsp3) is 0.611. The first-order valence-corrected chi connectivity index (χ1v) is 8.31. The Kier molecular flexibility index (Phi) is 6.40. The number of carbonyl (C=O) groups is 1. The van der Waals surface area contributed by atoms with Gasteiger partial charge in [-0.2, -0.15) is 0 Å². The molecular weight excluding hydrogens is 276 g/mol. The van der Waals surface area contributed by atoms with Crippen LogP contribution in [0.15, 0.2) is 30.3 Å². The Hall–Kier alpha value is -1.39. The van der Waals surface area contributed by atoms with Crippen LogP contribution >= 0.6 is 0 Å².